The summed E-state index contributed by atoms with van der Waals surface area (Å²) in [5.41, 5.74) is 1.83. The monoisotopic (exact) mass is 238 g/mol. The average molecular weight is 238 g/mol. The van der Waals surface area contributed by atoms with Gasteiger partial charge < -0.3 is 4.84 Å². The zero-order valence-electron chi connectivity index (χ0n) is 9.77. The van der Waals surface area contributed by atoms with Crippen LogP contribution >= 0.6 is 0 Å². The fourth-order valence-electron chi connectivity index (χ4n) is 1.19. The number of nitrogens with zero attached hydrogens (tertiary/aromatic N) is 1. The van der Waals surface area contributed by atoms with Crippen molar-refractivity contribution in [2.45, 2.75) is 6.92 Å². The molecule has 0 atom stereocenters. The number of oxime groups is 1. The molecule has 86 valence electrons. The van der Waals surface area contributed by atoms with E-state index in [1.165, 1.54) is 6.92 Å². The van der Waals surface area contributed by atoms with Crippen molar-refractivity contribution in [3.05, 3.63) is 35.9 Å². The van der Waals surface area contributed by atoms with Crippen molar-refractivity contribution in [1.29, 1.82) is 0 Å². The number of carbonyl (C=O) groups is 1. The van der Waals surface area contributed by atoms with E-state index in [1.807, 2.05) is 30.3 Å². The summed E-state index contributed by atoms with van der Waals surface area (Å²) in [6.07, 6.45) is 4.26. The Morgan fingerprint density at radius 2 is 1.94 bits per heavy atom. The molecule has 4 heteroatoms. The van der Waals surface area contributed by atoms with Crippen LogP contribution in [0.1, 0.15) is 12.5 Å². The minimum atomic E-state index is -0.388. The van der Waals surface area contributed by atoms with E-state index in [0.29, 0.717) is 0 Å². The number of hydrogen-bond acceptors (Lipinski definition) is 3. The molecule has 0 saturated carbocycles. The molecule has 0 heterocycles. The van der Waals surface area contributed by atoms with Gasteiger partial charge in [-0.2, -0.15) is 0 Å². The summed E-state index contributed by atoms with van der Waals surface area (Å²) in [6.45, 7) is 1.35. The summed E-state index contributed by atoms with van der Waals surface area (Å²) in [5.74, 6) is 0.428. The highest BCUT2D eigenvalue weighted by Crippen LogP contribution is 2.04. The first-order valence-electron chi connectivity index (χ1n) is 4.93. The van der Waals surface area contributed by atoms with Crippen LogP contribution in [0.15, 0.2) is 35.5 Å². The summed E-state index contributed by atoms with van der Waals surface area (Å²) in [6, 6.07) is 9.78. The van der Waals surface area contributed by atoms with E-state index < -0.39 is 0 Å². The van der Waals surface area contributed by atoms with Gasteiger partial charge in [-0.05, 0) is 10.9 Å². The fourth-order valence-corrected chi connectivity index (χ4v) is 1.95. The molecule has 0 amide bonds. The molecule has 0 unspecified atom stereocenters. The Morgan fingerprint density at radius 1 is 1.31 bits per heavy atom. The summed E-state index contributed by atoms with van der Waals surface area (Å²) in [7, 11) is 0.217. The Morgan fingerprint density at radius 3 is 2.44 bits per heavy atom. The molecule has 1 aromatic carbocycles. The van der Waals surface area contributed by atoms with Crippen molar-refractivity contribution in [2.24, 2.45) is 5.16 Å². The molecule has 0 fully saturated rings. The Balaban J connectivity index is 2.87. The molecule has 0 aliphatic heterocycles. The summed E-state index contributed by atoms with van der Waals surface area (Å²) in [5, 5.41) is 3.91. The van der Waals surface area contributed by atoms with Crippen LogP contribution in [0.2, 0.25) is 0 Å². The van der Waals surface area contributed by atoms with Gasteiger partial charge in [0.1, 0.15) is 5.71 Å². The Kier molecular flexibility index (Phi) is 5.05. The first kappa shape index (κ1) is 12.8. The molecular formula is C12H16NO2S+. The number of rotatable bonds is 4. The highest BCUT2D eigenvalue weighted by molar-refractivity contribution is 7.96. The molecule has 3 nitrogen and oxygen atoms in total. The van der Waals surface area contributed by atoms with E-state index in [4.69, 9.17) is 4.84 Å². The average Bonchev–Trinajstić information content (AvgIpc) is 2.25. The van der Waals surface area contributed by atoms with Crippen molar-refractivity contribution < 1.29 is 9.63 Å². The zero-order chi connectivity index (χ0) is 12.0. The van der Waals surface area contributed by atoms with Crippen LogP contribution in [0.5, 0.6) is 0 Å². The smallest absolute Gasteiger partial charge is 0.318 e. The van der Waals surface area contributed by atoms with Gasteiger partial charge in [0.2, 0.25) is 0 Å². The zero-order valence-corrected chi connectivity index (χ0v) is 10.6. The number of hydrogen-bond donors (Lipinski definition) is 0. The summed E-state index contributed by atoms with van der Waals surface area (Å²) in [4.78, 5) is 15.5. The lowest BCUT2D eigenvalue weighted by atomic mass is 10.1. The molecule has 0 aliphatic carbocycles. The van der Waals surface area contributed by atoms with Crippen LogP contribution in [-0.2, 0) is 20.5 Å². The topological polar surface area (TPSA) is 38.7 Å². The van der Waals surface area contributed by atoms with Gasteiger partial charge in [-0.1, -0.05) is 35.5 Å². The third-order valence-electron chi connectivity index (χ3n) is 1.82. The Bertz CT molecular complexity index is 374. The lowest BCUT2D eigenvalue weighted by Gasteiger charge is -2.03. The SMILES string of the molecule is CC(=O)ON=C(C[S+](C)C)c1ccccc1. The van der Waals surface area contributed by atoms with Crippen LogP contribution in [0.3, 0.4) is 0 Å². The summed E-state index contributed by atoms with van der Waals surface area (Å²) < 4.78 is 0. The van der Waals surface area contributed by atoms with E-state index in [1.54, 1.807) is 0 Å². The van der Waals surface area contributed by atoms with E-state index in [2.05, 4.69) is 17.7 Å². The van der Waals surface area contributed by atoms with Gasteiger partial charge in [-0.3, -0.25) is 0 Å². The number of carbonyl (C=O) groups excluding carboxylic acids is 1. The standard InChI is InChI=1S/C12H16NO2S/c1-10(14)15-13-12(9-16(2)3)11-7-5-4-6-8-11/h4-8H,9H2,1-3H3/q+1. The van der Waals surface area contributed by atoms with Crippen LogP contribution in [-0.4, -0.2) is 29.9 Å². The van der Waals surface area contributed by atoms with Crippen LogP contribution in [0.4, 0.5) is 0 Å². The lowest BCUT2D eigenvalue weighted by Crippen LogP contribution is -2.16. The molecule has 0 radical (unpaired) electrons. The Labute approximate surface area is 98.8 Å². The van der Waals surface area contributed by atoms with Crippen molar-refractivity contribution in [1.82, 2.24) is 0 Å². The van der Waals surface area contributed by atoms with E-state index in [0.717, 1.165) is 17.0 Å². The predicted molar refractivity (Wildman–Crippen MR) is 68.8 cm³/mol. The maximum absolute atomic E-state index is 10.7. The van der Waals surface area contributed by atoms with Crippen molar-refractivity contribution in [3.63, 3.8) is 0 Å². The fraction of sp³-hybridized carbons (Fsp3) is 0.333. The predicted octanol–water partition coefficient (Wildman–Crippen LogP) is 1.83. The molecule has 0 aliphatic rings. The van der Waals surface area contributed by atoms with Gasteiger partial charge in [0.05, 0.1) is 12.5 Å². The minimum absolute atomic E-state index is 0.217. The molecular weight excluding hydrogens is 222 g/mol. The largest absolute Gasteiger partial charge is 0.331 e. The maximum atomic E-state index is 10.7. The second-order valence-corrected chi connectivity index (χ2v) is 5.88. The van der Waals surface area contributed by atoms with Gasteiger partial charge in [-0.25, -0.2) is 4.79 Å². The first-order valence-corrected chi connectivity index (χ1v) is 7.14. The minimum Gasteiger partial charge on any atom is -0.318 e. The van der Waals surface area contributed by atoms with Crippen molar-refractivity contribution in [3.8, 4) is 0 Å². The Hall–Kier alpha value is -1.29. The third-order valence-corrected chi connectivity index (χ3v) is 2.67. The molecule has 0 saturated heterocycles. The van der Waals surface area contributed by atoms with Gasteiger partial charge in [-0.15, -0.1) is 0 Å². The molecule has 0 spiro atoms. The van der Waals surface area contributed by atoms with Crippen molar-refractivity contribution >= 4 is 22.6 Å². The maximum Gasteiger partial charge on any atom is 0.331 e. The second-order valence-electron chi connectivity index (χ2n) is 3.62. The van der Waals surface area contributed by atoms with Gasteiger partial charge in [0.15, 0.2) is 5.75 Å². The molecule has 1 rings (SSSR count). The quantitative estimate of drug-likeness (QED) is 0.347. The van der Waals surface area contributed by atoms with Gasteiger partial charge >= 0.3 is 5.97 Å². The van der Waals surface area contributed by atoms with Crippen LogP contribution in [0.25, 0.3) is 0 Å². The van der Waals surface area contributed by atoms with Crippen LogP contribution in [0, 0.1) is 0 Å². The van der Waals surface area contributed by atoms with Crippen LogP contribution < -0.4 is 0 Å². The number of benzene rings is 1. The molecule has 0 bridgehead atoms. The lowest BCUT2D eigenvalue weighted by molar-refractivity contribution is -0.140. The van der Waals surface area contributed by atoms with Gasteiger partial charge in [0, 0.05) is 12.5 Å². The van der Waals surface area contributed by atoms with Gasteiger partial charge in [0.25, 0.3) is 0 Å². The third kappa shape index (κ3) is 4.49. The van der Waals surface area contributed by atoms with E-state index >= 15 is 0 Å². The van der Waals surface area contributed by atoms with E-state index in [-0.39, 0.29) is 16.9 Å². The molecule has 0 N–H and O–H groups in total. The highest BCUT2D eigenvalue weighted by Gasteiger charge is 2.13. The first-order chi connectivity index (χ1) is 7.59. The second kappa shape index (κ2) is 6.33. The highest BCUT2D eigenvalue weighted by atomic mass is 32.2. The molecule has 0 aromatic heterocycles. The van der Waals surface area contributed by atoms with Crippen molar-refractivity contribution in [2.75, 3.05) is 18.3 Å². The van der Waals surface area contributed by atoms with E-state index in [9.17, 15) is 4.79 Å². The normalized spacial score (nSPS) is 11.6. The molecule has 1 aromatic rings. The molecule has 16 heavy (non-hydrogen) atoms. The summed E-state index contributed by atoms with van der Waals surface area (Å²) >= 11 is 0.